The number of ether oxygens (including phenoxy) is 1. The minimum Gasteiger partial charge on any atom is -0.466 e. The molecule has 0 amide bonds. The number of methoxy groups -OCH3 is 1. The first-order valence-corrected chi connectivity index (χ1v) is 4.49. The van der Waals surface area contributed by atoms with Gasteiger partial charge in [-0.25, -0.2) is 4.79 Å². The summed E-state index contributed by atoms with van der Waals surface area (Å²) in [7, 11) is 1.34. The van der Waals surface area contributed by atoms with Gasteiger partial charge in [0.15, 0.2) is 0 Å². The first kappa shape index (κ1) is 9.29. The molecule has 0 aliphatic rings. The highest BCUT2D eigenvalue weighted by atomic mass is 35.5. The summed E-state index contributed by atoms with van der Waals surface area (Å²) in [4.78, 5) is 11.5. The average molecular weight is 203 g/mol. The third-order valence-electron chi connectivity index (χ3n) is 1.22. The summed E-state index contributed by atoms with van der Waals surface area (Å²) >= 11 is 7.25. The largest absolute Gasteiger partial charge is 0.466 e. The van der Waals surface area contributed by atoms with E-state index in [1.807, 2.05) is 5.38 Å². The fraction of sp³-hybridized carbons (Fsp3) is 0.125. The van der Waals surface area contributed by atoms with Gasteiger partial charge in [-0.05, 0) is 17.5 Å². The summed E-state index contributed by atoms with van der Waals surface area (Å²) in [6, 6.07) is 1.78. The summed E-state index contributed by atoms with van der Waals surface area (Å²) < 4.78 is 4.42. The van der Waals surface area contributed by atoms with Gasteiger partial charge in [0.25, 0.3) is 0 Å². The molecule has 0 radical (unpaired) electrons. The van der Waals surface area contributed by atoms with Crippen molar-refractivity contribution in [3.63, 3.8) is 0 Å². The number of hydrogen-bond donors (Lipinski definition) is 0. The lowest BCUT2D eigenvalue weighted by molar-refractivity contribution is -0.134. The van der Waals surface area contributed by atoms with Crippen molar-refractivity contribution in [2.45, 2.75) is 0 Å². The van der Waals surface area contributed by atoms with E-state index in [-0.39, 0.29) is 5.97 Å². The molecule has 0 spiro atoms. The van der Waals surface area contributed by atoms with Crippen molar-refractivity contribution in [3.8, 4) is 0 Å². The van der Waals surface area contributed by atoms with Crippen LogP contribution in [0.3, 0.4) is 0 Å². The number of thiophene rings is 1. The van der Waals surface area contributed by atoms with Crippen molar-refractivity contribution < 1.29 is 9.53 Å². The summed E-state index contributed by atoms with van der Waals surface area (Å²) in [5.41, 5.74) is 0. The first-order valence-electron chi connectivity index (χ1n) is 3.23. The van der Waals surface area contributed by atoms with Crippen molar-refractivity contribution >= 4 is 35.0 Å². The predicted octanol–water partition coefficient (Wildman–Crippen LogP) is 2.59. The fourth-order valence-corrected chi connectivity index (χ4v) is 1.65. The normalized spacial score (nSPS) is 10.5. The Hall–Kier alpha value is -0.800. The van der Waals surface area contributed by atoms with E-state index in [1.165, 1.54) is 24.5 Å². The molecule has 1 aromatic heterocycles. The number of rotatable bonds is 2. The molecule has 0 saturated heterocycles. The number of halogens is 1. The fourth-order valence-electron chi connectivity index (χ4n) is 0.636. The molecule has 4 heteroatoms. The highest BCUT2D eigenvalue weighted by Gasteiger charge is 1.97. The highest BCUT2D eigenvalue weighted by molar-refractivity contribution is 7.11. The van der Waals surface area contributed by atoms with E-state index in [4.69, 9.17) is 11.6 Å². The molecule has 1 heterocycles. The molecule has 0 atom stereocenters. The Bertz CT molecular complexity index is 304. The van der Waals surface area contributed by atoms with E-state index in [0.717, 1.165) is 4.88 Å². The maximum absolute atomic E-state index is 10.7. The molecule has 64 valence electrons. The maximum atomic E-state index is 10.7. The van der Waals surface area contributed by atoms with E-state index in [0.29, 0.717) is 5.02 Å². The van der Waals surface area contributed by atoms with Gasteiger partial charge in [-0.15, -0.1) is 11.3 Å². The van der Waals surface area contributed by atoms with E-state index < -0.39 is 0 Å². The SMILES string of the molecule is COC(=O)C=Cc1sccc1Cl. The van der Waals surface area contributed by atoms with Gasteiger partial charge < -0.3 is 4.74 Å². The molecule has 0 aromatic carbocycles. The zero-order chi connectivity index (χ0) is 8.97. The molecule has 0 aliphatic carbocycles. The summed E-state index contributed by atoms with van der Waals surface area (Å²) in [5.74, 6) is -0.375. The lowest BCUT2D eigenvalue weighted by atomic mass is 10.4. The molecule has 0 aliphatic heterocycles. The maximum Gasteiger partial charge on any atom is 0.330 e. The molecule has 1 rings (SSSR count). The Morgan fingerprint density at radius 3 is 3.00 bits per heavy atom. The molecule has 0 bridgehead atoms. The number of esters is 1. The Labute approximate surface area is 79.4 Å². The van der Waals surface area contributed by atoms with Crippen LogP contribution in [0.25, 0.3) is 6.08 Å². The van der Waals surface area contributed by atoms with Gasteiger partial charge in [-0.2, -0.15) is 0 Å². The van der Waals surface area contributed by atoms with Gasteiger partial charge in [0.05, 0.1) is 12.1 Å². The van der Waals surface area contributed by atoms with Crippen LogP contribution < -0.4 is 0 Å². The van der Waals surface area contributed by atoms with Gasteiger partial charge in [0.1, 0.15) is 0 Å². The average Bonchev–Trinajstić information content (AvgIpc) is 2.47. The highest BCUT2D eigenvalue weighted by Crippen LogP contribution is 2.23. The molecular formula is C8H7ClO2S. The van der Waals surface area contributed by atoms with Gasteiger partial charge in [0, 0.05) is 11.0 Å². The summed E-state index contributed by atoms with van der Waals surface area (Å²) in [6.07, 6.45) is 2.98. The van der Waals surface area contributed by atoms with Crippen molar-refractivity contribution in [1.82, 2.24) is 0 Å². The van der Waals surface area contributed by atoms with Crippen LogP contribution in [0, 0.1) is 0 Å². The molecule has 0 fully saturated rings. The first-order chi connectivity index (χ1) is 5.74. The lowest BCUT2D eigenvalue weighted by Gasteiger charge is -1.89. The molecule has 2 nitrogen and oxygen atoms in total. The second-order valence-electron chi connectivity index (χ2n) is 1.99. The van der Waals surface area contributed by atoms with Crippen molar-refractivity contribution in [2.75, 3.05) is 7.11 Å². The van der Waals surface area contributed by atoms with Crippen LogP contribution in [0.1, 0.15) is 4.88 Å². The predicted molar refractivity (Wildman–Crippen MR) is 50.4 cm³/mol. The second kappa shape index (κ2) is 4.28. The van der Waals surface area contributed by atoms with E-state index in [2.05, 4.69) is 4.74 Å². The van der Waals surface area contributed by atoms with Gasteiger partial charge >= 0.3 is 5.97 Å². The summed E-state index contributed by atoms with van der Waals surface area (Å²) in [6.45, 7) is 0. The number of hydrogen-bond acceptors (Lipinski definition) is 3. The van der Waals surface area contributed by atoms with Crippen LogP contribution in [-0.2, 0) is 9.53 Å². The Morgan fingerprint density at radius 1 is 1.75 bits per heavy atom. The van der Waals surface area contributed by atoms with Gasteiger partial charge in [-0.3, -0.25) is 0 Å². The monoisotopic (exact) mass is 202 g/mol. The van der Waals surface area contributed by atoms with Gasteiger partial charge in [-0.1, -0.05) is 11.6 Å². The molecule has 0 N–H and O–H groups in total. The van der Waals surface area contributed by atoms with E-state index in [1.54, 1.807) is 12.1 Å². The van der Waals surface area contributed by atoms with Crippen LogP contribution in [0.2, 0.25) is 5.02 Å². The Kier molecular flexibility index (Phi) is 3.31. The molecule has 0 unspecified atom stereocenters. The molecule has 1 aromatic rings. The number of carbonyl (C=O) groups excluding carboxylic acids is 1. The van der Waals surface area contributed by atoms with E-state index >= 15 is 0 Å². The Balaban J connectivity index is 2.69. The minimum atomic E-state index is -0.375. The van der Waals surface area contributed by atoms with Crippen molar-refractivity contribution in [3.05, 3.63) is 27.4 Å². The topological polar surface area (TPSA) is 26.3 Å². The minimum absolute atomic E-state index is 0.375. The van der Waals surface area contributed by atoms with E-state index in [9.17, 15) is 4.79 Å². The smallest absolute Gasteiger partial charge is 0.330 e. The third-order valence-corrected chi connectivity index (χ3v) is 2.54. The zero-order valence-corrected chi connectivity index (χ0v) is 7.98. The third kappa shape index (κ3) is 2.36. The zero-order valence-electron chi connectivity index (χ0n) is 6.41. The molecular weight excluding hydrogens is 196 g/mol. The molecule has 12 heavy (non-hydrogen) atoms. The van der Waals surface area contributed by atoms with Crippen LogP contribution in [0.15, 0.2) is 17.5 Å². The number of carbonyl (C=O) groups is 1. The summed E-state index contributed by atoms with van der Waals surface area (Å²) in [5, 5.41) is 2.51. The van der Waals surface area contributed by atoms with Crippen molar-refractivity contribution in [1.29, 1.82) is 0 Å². The molecule has 0 saturated carbocycles. The van der Waals surface area contributed by atoms with Crippen LogP contribution in [0.5, 0.6) is 0 Å². The standard InChI is InChI=1S/C8H7ClO2S/c1-11-8(10)3-2-7-6(9)4-5-12-7/h2-5H,1H3. The Morgan fingerprint density at radius 2 is 2.50 bits per heavy atom. The van der Waals surface area contributed by atoms with Gasteiger partial charge in [0.2, 0.25) is 0 Å². The van der Waals surface area contributed by atoms with Crippen LogP contribution in [0.4, 0.5) is 0 Å². The van der Waals surface area contributed by atoms with Crippen LogP contribution in [-0.4, -0.2) is 13.1 Å². The lowest BCUT2D eigenvalue weighted by Crippen LogP contribution is -1.92. The van der Waals surface area contributed by atoms with Crippen molar-refractivity contribution in [2.24, 2.45) is 0 Å². The quantitative estimate of drug-likeness (QED) is 0.544. The second-order valence-corrected chi connectivity index (χ2v) is 3.34. The van der Waals surface area contributed by atoms with Crippen LogP contribution >= 0.6 is 22.9 Å².